The summed E-state index contributed by atoms with van der Waals surface area (Å²) in [6.45, 7) is 3.84. The Morgan fingerprint density at radius 3 is 2.65 bits per heavy atom. The molecule has 0 fully saturated rings. The molecule has 0 aliphatic heterocycles. The molecule has 0 spiro atoms. The molecule has 23 heavy (non-hydrogen) atoms. The zero-order valence-electron chi connectivity index (χ0n) is 13.3. The number of benzene rings is 1. The van der Waals surface area contributed by atoms with Gasteiger partial charge in [0.2, 0.25) is 0 Å². The Hall–Kier alpha value is -1.48. The number of nitrogens with zero attached hydrogens (tertiary/aromatic N) is 2. The molecule has 0 bridgehead atoms. The lowest BCUT2D eigenvalue weighted by molar-refractivity contribution is 0.225. The Balaban J connectivity index is 1.83. The van der Waals surface area contributed by atoms with E-state index in [1.165, 1.54) is 17.3 Å². The standard InChI is InChI=1S/C18H20N2OS2/c1-13-8-14(2)20-18(17(13)9-19)23-12-16(21)11-22-10-15-6-4-3-5-7-15/h3-8,16,21H,10-12H2,1-2H3. The molecule has 0 saturated heterocycles. The molecule has 1 aromatic carbocycles. The fraction of sp³-hybridized carbons (Fsp3) is 0.333. The first kappa shape index (κ1) is 17.9. The van der Waals surface area contributed by atoms with Crippen molar-refractivity contribution in [2.75, 3.05) is 11.5 Å². The molecule has 3 nitrogen and oxygen atoms in total. The van der Waals surface area contributed by atoms with Crippen LogP contribution in [0.4, 0.5) is 0 Å². The molecule has 0 aliphatic carbocycles. The quantitative estimate of drug-likeness (QED) is 0.771. The molecule has 2 rings (SSSR count). The smallest absolute Gasteiger partial charge is 0.114 e. The van der Waals surface area contributed by atoms with E-state index in [1.807, 2.05) is 38.1 Å². The lowest BCUT2D eigenvalue weighted by atomic mass is 10.1. The minimum absolute atomic E-state index is 0.414. The number of rotatable bonds is 7. The van der Waals surface area contributed by atoms with Crippen LogP contribution >= 0.6 is 23.5 Å². The SMILES string of the molecule is Cc1cc(C)c(C#N)c(SCC(O)CSCc2ccccc2)n1. The summed E-state index contributed by atoms with van der Waals surface area (Å²) in [4.78, 5) is 4.43. The van der Waals surface area contributed by atoms with Gasteiger partial charge in [-0.05, 0) is 31.0 Å². The zero-order chi connectivity index (χ0) is 16.7. The lowest BCUT2D eigenvalue weighted by Gasteiger charge is -2.11. The van der Waals surface area contributed by atoms with Crippen molar-refractivity contribution in [2.24, 2.45) is 0 Å². The van der Waals surface area contributed by atoms with Crippen LogP contribution in [-0.4, -0.2) is 27.7 Å². The first-order chi connectivity index (χ1) is 11.1. The van der Waals surface area contributed by atoms with E-state index >= 15 is 0 Å². The molecule has 5 heteroatoms. The van der Waals surface area contributed by atoms with E-state index < -0.39 is 6.10 Å². The number of thioether (sulfide) groups is 2. The van der Waals surface area contributed by atoms with Gasteiger partial charge in [0.05, 0.1) is 11.7 Å². The van der Waals surface area contributed by atoms with Crippen LogP contribution in [0.25, 0.3) is 0 Å². The number of nitriles is 1. The Kier molecular flexibility index (Phi) is 6.97. The Bertz CT molecular complexity index is 683. The maximum atomic E-state index is 10.1. The predicted molar refractivity (Wildman–Crippen MR) is 97.8 cm³/mol. The number of aliphatic hydroxyl groups is 1. The van der Waals surface area contributed by atoms with E-state index in [0.717, 1.165) is 22.0 Å². The molecular formula is C18H20N2OS2. The van der Waals surface area contributed by atoms with Gasteiger partial charge in [-0.25, -0.2) is 4.98 Å². The van der Waals surface area contributed by atoms with Crippen molar-refractivity contribution < 1.29 is 5.11 Å². The van der Waals surface area contributed by atoms with Gasteiger partial charge in [0.15, 0.2) is 0 Å². The first-order valence-electron chi connectivity index (χ1n) is 7.41. The van der Waals surface area contributed by atoms with E-state index in [1.54, 1.807) is 11.8 Å². The van der Waals surface area contributed by atoms with E-state index in [0.29, 0.717) is 17.1 Å². The molecule has 0 amide bonds. The molecular weight excluding hydrogens is 324 g/mol. The number of aryl methyl sites for hydroxylation is 2. The highest BCUT2D eigenvalue weighted by Crippen LogP contribution is 2.25. The fourth-order valence-corrected chi connectivity index (χ4v) is 4.27. The Morgan fingerprint density at radius 1 is 1.22 bits per heavy atom. The summed E-state index contributed by atoms with van der Waals surface area (Å²) in [5, 5.41) is 20.1. The van der Waals surface area contributed by atoms with Crippen molar-refractivity contribution in [1.29, 1.82) is 5.26 Å². The summed E-state index contributed by atoms with van der Waals surface area (Å²) >= 11 is 3.17. The second-order valence-electron chi connectivity index (χ2n) is 5.34. The first-order valence-corrected chi connectivity index (χ1v) is 9.55. The van der Waals surface area contributed by atoms with Gasteiger partial charge in [-0.2, -0.15) is 17.0 Å². The van der Waals surface area contributed by atoms with Crippen LogP contribution in [0.15, 0.2) is 41.4 Å². The van der Waals surface area contributed by atoms with E-state index in [9.17, 15) is 10.4 Å². The topological polar surface area (TPSA) is 56.9 Å². The third kappa shape index (κ3) is 5.58. The average Bonchev–Trinajstić information content (AvgIpc) is 2.53. The third-order valence-corrected chi connectivity index (χ3v) is 5.54. The molecule has 0 saturated carbocycles. The number of pyridine rings is 1. The highest BCUT2D eigenvalue weighted by molar-refractivity contribution is 7.99. The van der Waals surface area contributed by atoms with Crippen molar-refractivity contribution in [3.8, 4) is 6.07 Å². The maximum Gasteiger partial charge on any atom is 0.114 e. The van der Waals surface area contributed by atoms with E-state index in [2.05, 4.69) is 23.2 Å². The third-order valence-electron chi connectivity index (χ3n) is 3.26. The van der Waals surface area contributed by atoms with Gasteiger partial charge in [-0.3, -0.25) is 0 Å². The van der Waals surface area contributed by atoms with Crippen LogP contribution < -0.4 is 0 Å². The van der Waals surface area contributed by atoms with Crippen LogP contribution in [-0.2, 0) is 5.75 Å². The van der Waals surface area contributed by atoms with Crippen molar-refractivity contribution >= 4 is 23.5 Å². The largest absolute Gasteiger partial charge is 0.391 e. The van der Waals surface area contributed by atoms with Gasteiger partial charge >= 0.3 is 0 Å². The van der Waals surface area contributed by atoms with Crippen LogP contribution in [0.2, 0.25) is 0 Å². The molecule has 120 valence electrons. The molecule has 2 aromatic rings. The normalized spacial score (nSPS) is 11.9. The Labute approximate surface area is 146 Å². The molecule has 1 aromatic heterocycles. The summed E-state index contributed by atoms with van der Waals surface area (Å²) < 4.78 is 0. The molecule has 1 N–H and O–H groups in total. The summed E-state index contributed by atoms with van der Waals surface area (Å²) in [5.41, 5.74) is 3.72. The summed E-state index contributed by atoms with van der Waals surface area (Å²) in [7, 11) is 0. The van der Waals surface area contributed by atoms with Crippen molar-refractivity contribution in [1.82, 2.24) is 4.98 Å². The monoisotopic (exact) mass is 344 g/mol. The highest BCUT2D eigenvalue weighted by Gasteiger charge is 2.12. The van der Waals surface area contributed by atoms with Gasteiger partial charge in [0, 0.05) is 23.0 Å². The molecule has 0 radical (unpaired) electrons. The number of hydrogen-bond donors (Lipinski definition) is 1. The van der Waals surface area contributed by atoms with Crippen molar-refractivity contribution in [2.45, 2.75) is 30.7 Å². The van der Waals surface area contributed by atoms with Crippen molar-refractivity contribution in [3.05, 3.63) is 58.8 Å². The second-order valence-corrected chi connectivity index (χ2v) is 7.38. The number of aliphatic hydroxyl groups excluding tert-OH is 1. The number of aromatic nitrogens is 1. The Morgan fingerprint density at radius 2 is 1.96 bits per heavy atom. The van der Waals surface area contributed by atoms with Crippen LogP contribution in [0.1, 0.15) is 22.4 Å². The zero-order valence-corrected chi connectivity index (χ0v) is 15.0. The average molecular weight is 345 g/mol. The minimum Gasteiger partial charge on any atom is -0.391 e. The molecule has 0 aliphatic rings. The molecule has 1 atom stereocenters. The summed E-state index contributed by atoms with van der Waals surface area (Å²) in [6.07, 6.45) is -0.414. The molecule has 1 heterocycles. The minimum atomic E-state index is -0.414. The van der Waals surface area contributed by atoms with Crippen molar-refractivity contribution in [3.63, 3.8) is 0 Å². The molecule has 1 unspecified atom stereocenters. The highest BCUT2D eigenvalue weighted by atomic mass is 32.2. The van der Waals surface area contributed by atoms with Gasteiger partial charge in [0.1, 0.15) is 11.1 Å². The van der Waals surface area contributed by atoms with Crippen LogP contribution in [0.5, 0.6) is 0 Å². The fourth-order valence-electron chi connectivity index (χ4n) is 2.15. The van der Waals surface area contributed by atoms with Gasteiger partial charge < -0.3 is 5.11 Å². The van der Waals surface area contributed by atoms with Crippen LogP contribution in [0, 0.1) is 25.2 Å². The summed E-state index contributed by atoms with van der Waals surface area (Å²) in [5.74, 6) is 2.12. The maximum absolute atomic E-state index is 10.1. The van der Waals surface area contributed by atoms with E-state index in [-0.39, 0.29) is 0 Å². The number of hydrogen-bond acceptors (Lipinski definition) is 5. The van der Waals surface area contributed by atoms with Gasteiger partial charge in [-0.1, -0.05) is 30.3 Å². The van der Waals surface area contributed by atoms with Crippen LogP contribution in [0.3, 0.4) is 0 Å². The predicted octanol–water partition coefficient (Wildman–Crippen LogP) is 3.96. The van der Waals surface area contributed by atoms with E-state index in [4.69, 9.17) is 0 Å². The summed E-state index contributed by atoms with van der Waals surface area (Å²) in [6, 6.07) is 14.4. The lowest BCUT2D eigenvalue weighted by Crippen LogP contribution is -2.13. The second kappa shape index (κ2) is 8.97. The van der Waals surface area contributed by atoms with Gasteiger partial charge in [0.25, 0.3) is 0 Å². The van der Waals surface area contributed by atoms with Gasteiger partial charge in [-0.15, -0.1) is 11.8 Å².